The van der Waals surface area contributed by atoms with Gasteiger partial charge in [0, 0.05) is 6.20 Å². The van der Waals surface area contributed by atoms with Crippen molar-refractivity contribution in [1.82, 2.24) is 15.0 Å². The number of hydrogen-bond donors (Lipinski definition) is 1. The predicted molar refractivity (Wildman–Crippen MR) is 73.4 cm³/mol. The summed E-state index contributed by atoms with van der Waals surface area (Å²) in [6.07, 6.45) is 2.92. The summed E-state index contributed by atoms with van der Waals surface area (Å²) < 4.78 is 0. The molecule has 0 spiro atoms. The van der Waals surface area contributed by atoms with E-state index in [1.54, 1.807) is 0 Å². The molecule has 0 unspecified atom stereocenters. The Morgan fingerprint density at radius 2 is 2.06 bits per heavy atom. The SMILES string of the molecule is CCc1ccc(-c2nc3c(C)cccc3[nH]2)nc1. The van der Waals surface area contributed by atoms with Gasteiger partial charge in [0.15, 0.2) is 5.82 Å². The zero-order chi connectivity index (χ0) is 12.5. The Labute approximate surface area is 106 Å². The Balaban J connectivity index is 2.10. The molecule has 0 bridgehead atoms. The third kappa shape index (κ3) is 1.78. The van der Waals surface area contributed by atoms with E-state index >= 15 is 0 Å². The first-order valence-corrected chi connectivity index (χ1v) is 6.18. The van der Waals surface area contributed by atoms with Crippen molar-refractivity contribution < 1.29 is 0 Å². The number of hydrogen-bond acceptors (Lipinski definition) is 2. The van der Waals surface area contributed by atoms with Gasteiger partial charge in [0.1, 0.15) is 5.69 Å². The molecule has 2 heterocycles. The smallest absolute Gasteiger partial charge is 0.157 e. The number of fused-ring (bicyclic) bond motifs is 1. The number of aryl methyl sites for hydroxylation is 2. The Kier molecular flexibility index (Phi) is 2.59. The molecule has 0 atom stereocenters. The summed E-state index contributed by atoms with van der Waals surface area (Å²) in [5, 5.41) is 0. The number of aromatic amines is 1. The molecule has 2 aromatic heterocycles. The average molecular weight is 237 g/mol. The second-order valence-electron chi connectivity index (χ2n) is 4.46. The number of pyridine rings is 1. The summed E-state index contributed by atoms with van der Waals surface area (Å²) >= 11 is 0. The lowest BCUT2D eigenvalue weighted by Gasteiger charge is -1.97. The largest absolute Gasteiger partial charge is 0.337 e. The minimum absolute atomic E-state index is 0.835. The highest BCUT2D eigenvalue weighted by molar-refractivity contribution is 5.81. The van der Waals surface area contributed by atoms with Crippen LogP contribution in [0.3, 0.4) is 0 Å². The highest BCUT2D eigenvalue weighted by Crippen LogP contribution is 2.21. The fraction of sp³-hybridized carbons (Fsp3) is 0.200. The van der Waals surface area contributed by atoms with Crippen LogP contribution in [-0.2, 0) is 6.42 Å². The van der Waals surface area contributed by atoms with Gasteiger partial charge >= 0.3 is 0 Å². The number of imidazole rings is 1. The summed E-state index contributed by atoms with van der Waals surface area (Å²) in [5.41, 5.74) is 5.40. The van der Waals surface area contributed by atoms with Crippen LogP contribution in [-0.4, -0.2) is 15.0 Å². The third-order valence-electron chi connectivity index (χ3n) is 3.19. The van der Waals surface area contributed by atoms with Gasteiger partial charge in [-0.1, -0.05) is 25.1 Å². The molecule has 3 rings (SSSR count). The molecule has 0 saturated carbocycles. The zero-order valence-corrected chi connectivity index (χ0v) is 10.6. The third-order valence-corrected chi connectivity index (χ3v) is 3.19. The van der Waals surface area contributed by atoms with Crippen molar-refractivity contribution in [3.63, 3.8) is 0 Å². The second-order valence-corrected chi connectivity index (χ2v) is 4.46. The molecule has 0 aliphatic heterocycles. The van der Waals surface area contributed by atoms with Gasteiger partial charge in [-0.25, -0.2) is 4.98 Å². The fourth-order valence-corrected chi connectivity index (χ4v) is 2.07. The van der Waals surface area contributed by atoms with Crippen molar-refractivity contribution in [3.8, 4) is 11.5 Å². The van der Waals surface area contributed by atoms with Crippen LogP contribution in [0.1, 0.15) is 18.1 Å². The van der Waals surface area contributed by atoms with Crippen molar-refractivity contribution in [2.45, 2.75) is 20.3 Å². The first kappa shape index (κ1) is 11.0. The number of rotatable bonds is 2. The van der Waals surface area contributed by atoms with Gasteiger partial charge in [0.25, 0.3) is 0 Å². The van der Waals surface area contributed by atoms with Crippen molar-refractivity contribution in [3.05, 3.63) is 47.7 Å². The zero-order valence-electron chi connectivity index (χ0n) is 10.6. The van der Waals surface area contributed by atoms with Crippen molar-refractivity contribution in [2.24, 2.45) is 0 Å². The van der Waals surface area contributed by atoms with Crippen LogP contribution in [0.4, 0.5) is 0 Å². The van der Waals surface area contributed by atoms with Crippen LogP contribution in [0.2, 0.25) is 0 Å². The lowest BCUT2D eigenvalue weighted by Crippen LogP contribution is -1.87. The highest BCUT2D eigenvalue weighted by atomic mass is 14.9. The fourth-order valence-electron chi connectivity index (χ4n) is 2.07. The molecule has 0 fully saturated rings. The molecule has 18 heavy (non-hydrogen) atoms. The highest BCUT2D eigenvalue weighted by Gasteiger charge is 2.07. The first-order valence-electron chi connectivity index (χ1n) is 6.18. The molecule has 90 valence electrons. The van der Waals surface area contributed by atoms with E-state index in [9.17, 15) is 0 Å². The molecule has 0 aliphatic carbocycles. The van der Waals surface area contributed by atoms with Gasteiger partial charge in [-0.15, -0.1) is 0 Å². The second kappa shape index (κ2) is 4.26. The number of para-hydroxylation sites is 1. The molecule has 3 nitrogen and oxygen atoms in total. The maximum atomic E-state index is 4.62. The number of nitrogens with zero attached hydrogens (tertiary/aromatic N) is 2. The van der Waals surface area contributed by atoms with Crippen LogP contribution in [0.5, 0.6) is 0 Å². The molecule has 0 radical (unpaired) electrons. The van der Waals surface area contributed by atoms with Gasteiger partial charge in [0.2, 0.25) is 0 Å². The summed E-state index contributed by atoms with van der Waals surface area (Å²) in [5.74, 6) is 0.835. The van der Waals surface area contributed by atoms with Gasteiger partial charge in [-0.2, -0.15) is 0 Å². The van der Waals surface area contributed by atoms with E-state index in [0.717, 1.165) is 29.0 Å². The standard InChI is InChI=1S/C15H15N3/c1-3-11-7-8-13(16-9-11)15-17-12-6-4-5-10(2)14(12)18-15/h4-9H,3H2,1-2H3,(H,17,18). The molecule has 3 heteroatoms. The summed E-state index contributed by atoms with van der Waals surface area (Å²) in [4.78, 5) is 12.4. The predicted octanol–water partition coefficient (Wildman–Crippen LogP) is 3.50. The van der Waals surface area contributed by atoms with Crippen LogP contribution < -0.4 is 0 Å². The molecule has 1 aromatic carbocycles. The number of aromatic nitrogens is 3. The molecule has 0 aliphatic rings. The Morgan fingerprint density at radius 3 is 2.72 bits per heavy atom. The molecular formula is C15H15N3. The van der Waals surface area contributed by atoms with E-state index in [0.29, 0.717) is 0 Å². The van der Waals surface area contributed by atoms with E-state index in [1.165, 1.54) is 11.1 Å². The van der Waals surface area contributed by atoms with E-state index in [1.807, 2.05) is 24.4 Å². The summed E-state index contributed by atoms with van der Waals surface area (Å²) in [6, 6.07) is 10.3. The normalized spacial score (nSPS) is 11.0. The summed E-state index contributed by atoms with van der Waals surface area (Å²) in [7, 11) is 0. The van der Waals surface area contributed by atoms with E-state index in [4.69, 9.17) is 0 Å². The van der Waals surface area contributed by atoms with Crippen LogP contribution in [0, 0.1) is 6.92 Å². The van der Waals surface area contributed by atoms with E-state index in [2.05, 4.69) is 40.9 Å². The number of benzene rings is 1. The van der Waals surface area contributed by atoms with Crippen molar-refractivity contribution in [2.75, 3.05) is 0 Å². The topological polar surface area (TPSA) is 41.6 Å². The number of H-pyrrole nitrogens is 1. The minimum atomic E-state index is 0.835. The Hall–Kier alpha value is -2.16. The quantitative estimate of drug-likeness (QED) is 0.741. The Bertz CT molecular complexity index is 681. The van der Waals surface area contributed by atoms with Crippen molar-refractivity contribution in [1.29, 1.82) is 0 Å². The van der Waals surface area contributed by atoms with Crippen LogP contribution in [0.25, 0.3) is 22.6 Å². The molecule has 3 aromatic rings. The van der Waals surface area contributed by atoms with Crippen LogP contribution in [0.15, 0.2) is 36.5 Å². The van der Waals surface area contributed by atoms with Crippen LogP contribution >= 0.6 is 0 Å². The lowest BCUT2D eigenvalue weighted by molar-refractivity contribution is 1.10. The molecule has 1 N–H and O–H groups in total. The van der Waals surface area contributed by atoms with Gasteiger partial charge in [-0.3, -0.25) is 4.98 Å². The maximum absolute atomic E-state index is 4.62. The molecular weight excluding hydrogens is 222 g/mol. The molecule has 0 saturated heterocycles. The monoisotopic (exact) mass is 237 g/mol. The number of nitrogens with one attached hydrogen (secondary N) is 1. The minimum Gasteiger partial charge on any atom is -0.337 e. The van der Waals surface area contributed by atoms with Crippen molar-refractivity contribution >= 4 is 11.0 Å². The molecule has 0 amide bonds. The summed E-state index contributed by atoms with van der Waals surface area (Å²) in [6.45, 7) is 4.20. The Morgan fingerprint density at radius 1 is 1.17 bits per heavy atom. The van der Waals surface area contributed by atoms with E-state index < -0.39 is 0 Å². The van der Waals surface area contributed by atoms with Gasteiger partial charge in [0.05, 0.1) is 11.0 Å². The van der Waals surface area contributed by atoms with Gasteiger partial charge in [-0.05, 0) is 36.6 Å². The first-order chi connectivity index (χ1) is 8.78. The van der Waals surface area contributed by atoms with E-state index in [-0.39, 0.29) is 0 Å². The maximum Gasteiger partial charge on any atom is 0.157 e. The average Bonchev–Trinajstić information content (AvgIpc) is 2.84. The van der Waals surface area contributed by atoms with Gasteiger partial charge < -0.3 is 4.98 Å². The lowest BCUT2D eigenvalue weighted by atomic mass is 10.2.